The zero-order valence-electron chi connectivity index (χ0n) is 12.9. The molecule has 0 aromatic carbocycles. The van der Waals surface area contributed by atoms with E-state index in [2.05, 4.69) is 48.5 Å². The second kappa shape index (κ2) is 6.70. The Labute approximate surface area is 121 Å². The molecule has 0 spiro atoms. The van der Waals surface area contributed by atoms with Crippen molar-refractivity contribution >= 4 is 0 Å². The van der Waals surface area contributed by atoms with Crippen LogP contribution >= 0.6 is 0 Å². The Bertz CT molecular complexity index is 540. The lowest BCUT2D eigenvalue weighted by molar-refractivity contribution is 0.552. The van der Waals surface area contributed by atoms with Gasteiger partial charge in [0.15, 0.2) is 0 Å². The number of rotatable bonds is 7. The lowest BCUT2D eigenvalue weighted by Crippen LogP contribution is -2.25. The van der Waals surface area contributed by atoms with Crippen LogP contribution in [0.1, 0.15) is 50.2 Å². The first kappa shape index (κ1) is 14.8. The van der Waals surface area contributed by atoms with Gasteiger partial charge < -0.3 is 5.32 Å². The summed E-state index contributed by atoms with van der Waals surface area (Å²) in [6.07, 6.45) is 6.14. The molecular weight excluding hydrogens is 250 g/mol. The minimum Gasteiger partial charge on any atom is -0.305 e. The van der Waals surface area contributed by atoms with Gasteiger partial charge in [0.05, 0.1) is 23.6 Å². The van der Waals surface area contributed by atoms with Crippen LogP contribution in [0.2, 0.25) is 0 Å². The first-order chi connectivity index (χ1) is 9.69. The highest BCUT2D eigenvalue weighted by molar-refractivity contribution is 5.26. The minimum absolute atomic E-state index is 0.160. The molecule has 5 nitrogen and oxygen atoms in total. The van der Waals surface area contributed by atoms with Crippen molar-refractivity contribution < 1.29 is 0 Å². The summed E-state index contributed by atoms with van der Waals surface area (Å²) in [5.41, 5.74) is 3.53. The second-order valence-corrected chi connectivity index (χ2v) is 5.05. The molecule has 2 aromatic rings. The van der Waals surface area contributed by atoms with Crippen molar-refractivity contribution in [3.63, 3.8) is 0 Å². The third-order valence-electron chi connectivity index (χ3n) is 3.53. The van der Waals surface area contributed by atoms with Gasteiger partial charge in [-0.05, 0) is 32.4 Å². The molecule has 2 aromatic heterocycles. The van der Waals surface area contributed by atoms with Gasteiger partial charge in [0, 0.05) is 25.4 Å². The summed E-state index contributed by atoms with van der Waals surface area (Å²) in [6.45, 7) is 8.29. The molecule has 0 saturated heterocycles. The molecule has 0 aliphatic rings. The topological polar surface area (TPSA) is 47.7 Å². The Morgan fingerprint density at radius 1 is 1.30 bits per heavy atom. The fraction of sp³-hybridized carbons (Fsp3) is 0.600. The molecule has 1 atom stereocenters. The predicted octanol–water partition coefficient (Wildman–Crippen LogP) is 2.29. The fourth-order valence-electron chi connectivity index (χ4n) is 2.37. The summed E-state index contributed by atoms with van der Waals surface area (Å²) in [6, 6.07) is 2.35. The Morgan fingerprint density at radius 2 is 2.10 bits per heavy atom. The number of nitrogens with zero attached hydrogens (tertiary/aromatic N) is 4. The fourth-order valence-corrected chi connectivity index (χ4v) is 2.37. The monoisotopic (exact) mass is 275 g/mol. The molecule has 110 valence electrons. The summed E-state index contributed by atoms with van der Waals surface area (Å²) >= 11 is 0. The summed E-state index contributed by atoms with van der Waals surface area (Å²) < 4.78 is 3.95. The Hall–Kier alpha value is -1.62. The van der Waals surface area contributed by atoms with Crippen LogP contribution in [0.4, 0.5) is 0 Å². The number of nitrogens with one attached hydrogen (secondary N) is 1. The van der Waals surface area contributed by atoms with Gasteiger partial charge in [-0.1, -0.05) is 13.8 Å². The van der Waals surface area contributed by atoms with Crippen molar-refractivity contribution in [2.45, 2.75) is 46.2 Å². The summed E-state index contributed by atoms with van der Waals surface area (Å²) in [5, 5.41) is 12.6. The van der Waals surface area contributed by atoms with E-state index in [0.29, 0.717) is 0 Å². The summed E-state index contributed by atoms with van der Waals surface area (Å²) in [4.78, 5) is 0. The van der Waals surface area contributed by atoms with Crippen molar-refractivity contribution in [3.8, 4) is 0 Å². The standard InChI is InChI=1S/C15H25N5/c1-5-8-16-15(12-10-17-20(7-3)11-12)14-9-13(6-2)18-19(14)4/h9-11,15-16H,5-8H2,1-4H3. The molecule has 0 aliphatic carbocycles. The van der Waals surface area contributed by atoms with Crippen molar-refractivity contribution in [2.24, 2.45) is 7.05 Å². The van der Waals surface area contributed by atoms with Gasteiger partial charge >= 0.3 is 0 Å². The third-order valence-corrected chi connectivity index (χ3v) is 3.53. The normalized spacial score (nSPS) is 12.8. The molecule has 0 bridgehead atoms. The molecule has 1 unspecified atom stereocenters. The van der Waals surface area contributed by atoms with E-state index in [9.17, 15) is 0 Å². The van der Waals surface area contributed by atoms with Gasteiger partial charge in [0.1, 0.15) is 0 Å². The molecule has 0 amide bonds. The number of hydrogen-bond donors (Lipinski definition) is 1. The quantitative estimate of drug-likeness (QED) is 0.843. The van der Waals surface area contributed by atoms with Gasteiger partial charge in [-0.3, -0.25) is 9.36 Å². The van der Waals surface area contributed by atoms with E-state index in [1.165, 1.54) is 11.3 Å². The molecule has 0 radical (unpaired) electrons. The molecule has 0 fully saturated rings. The van der Waals surface area contributed by atoms with Crippen LogP contribution in [0, 0.1) is 0 Å². The van der Waals surface area contributed by atoms with Crippen LogP contribution in [-0.4, -0.2) is 26.1 Å². The molecule has 20 heavy (non-hydrogen) atoms. The number of hydrogen-bond acceptors (Lipinski definition) is 3. The van der Waals surface area contributed by atoms with E-state index in [0.717, 1.165) is 31.6 Å². The van der Waals surface area contributed by atoms with Crippen LogP contribution in [0.25, 0.3) is 0 Å². The van der Waals surface area contributed by atoms with Crippen LogP contribution < -0.4 is 5.32 Å². The molecule has 2 heterocycles. The van der Waals surface area contributed by atoms with E-state index >= 15 is 0 Å². The zero-order valence-corrected chi connectivity index (χ0v) is 12.9. The third kappa shape index (κ3) is 3.10. The molecular formula is C15H25N5. The predicted molar refractivity (Wildman–Crippen MR) is 80.6 cm³/mol. The van der Waals surface area contributed by atoms with Crippen LogP contribution in [-0.2, 0) is 20.0 Å². The Morgan fingerprint density at radius 3 is 2.65 bits per heavy atom. The van der Waals surface area contributed by atoms with Gasteiger partial charge in [0.2, 0.25) is 0 Å². The van der Waals surface area contributed by atoms with E-state index in [-0.39, 0.29) is 6.04 Å². The van der Waals surface area contributed by atoms with Crippen molar-refractivity contribution in [3.05, 3.63) is 35.4 Å². The highest BCUT2D eigenvalue weighted by Crippen LogP contribution is 2.22. The number of aromatic nitrogens is 4. The van der Waals surface area contributed by atoms with E-state index in [1.807, 2.05) is 22.6 Å². The van der Waals surface area contributed by atoms with E-state index < -0.39 is 0 Å². The minimum atomic E-state index is 0.160. The lowest BCUT2D eigenvalue weighted by Gasteiger charge is -2.17. The smallest absolute Gasteiger partial charge is 0.0779 e. The molecule has 5 heteroatoms. The van der Waals surface area contributed by atoms with Crippen LogP contribution in [0.3, 0.4) is 0 Å². The van der Waals surface area contributed by atoms with Gasteiger partial charge in [0.25, 0.3) is 0 Å². The average Bonchev–Trinajstić information content (AvgIpc) is 3.07. The van der Waals surface area contributed by atoms with Gasteiger partial charge in [-0.15, -0.1) is 0 Å². The highest BCUT2D eigenvalue weighted by Gasteiger charge is 2.19. The first-order valence-electron chi connectivity index (χ1n) is 7.48. The van der Waals surface area contributed by atoms with Gasteiger partial charge in [-0.25, -0.2) is 0 Å². The summed E-state index contributed by atoms with van der Waals surface area (Å²) in [5.74, 6) is 0. The van der Waals surface area contributed by atoms with E-state index in [4.69, 9.17) is 0 Å². The first-order valence-corrected chi connectivity index (χ1v) is 7.48. The number of aryl methyl sites for hydroxylation is 3. The van der Waals surface area contributed by atoms with E-state index in [1.54, 1.807) is 0 Å². The molecule has 0 saturated carbocycles. The largest absolute Gasteiger partial charge is 0.305 e. The molecule has 1 N–H and O–H groups in total. The maximum absolute atomic E-state index is 4.56. The van der Waals surface area contributed by atoms with Crippen molar-refractivity contribution in [1.82, 2.24) is 24.9 Å². The lowest BCUT2D eigenvalue weighted by atomic mass is 10.1. The maximum atomic E-state index is 4.56. The Balaban J connectivity index is 2.32. The highest BCUT2D eigenvalue weighted by atomic mass is 15.3. The van der Waals surface area contributed by atoms with Gasteiger partial charge in [-0.2, -0.15) is 10.2 Å². The zero-order chi connectivity index (χ0) is 14.5. The van der Waals surface area contributed by atoms with Crippen molar-refractivity contribution in [1.29, 1.82) is 0 Å². The maximum Gasteiger partial charge on any atom is 0.0779 e. The SMILES string of the molecule is CCCNC(c1cnn(CC)c1)c1cc(CC)nn1C. The average molecular weight is 275 g/mol. The Kier molecular flexibility index (Phi) is 4.95. The molecule has 0 aliphatic heterocycles. The van der Waals surface area contributed by atoms with Crippen LogP contribution in [0.15, 0.2) is 18.5 Å². The van der Waals surface area contributed by atoms with Crippen molar-refractivity contribution in [2.75, 3.05) is 6.54 Å². The summed E-state index contributed by atoms with van der Waals surface area (Å²) in [7, 11) is 2.01. The second-order valence-electron chi connectivity index (χ2n) is 5.05. The van der Waals surface area contributed by atoms with Crippen LogP contribution in [0.5, 0.6) is 0 Å². The molecule has 2 rings (SSSR count).